The van der Waals surface area contributed by atoms with E-state index in [4.69, 9.17) is 14.6 Å². The molecule has 0 spiro atoms. The molecule has 4 aliphatic rings. The van der Waals surface area contributed by atoms with E-state index in [9.17, 15) is 57.8 Å². The Bertz CT molecular complexity index is 3190. The maximum absolute atomic E-state index is 15.4. The molecular weight excluding hydrogens is 1030 g/mol. The number of aromatic nitrogens is 2. The van der Waals surface area contributed by atoms with Crippen molar-refractivity contribution in [3.8, 4) is 11.4 Å². The van der Waals surface area contributed by atoms with Crippen molar-refractivity contribution in [2.45, 2.75) is 135 Å². The SMILES string of the molecule is CC[C@@]1(O)C(=O)OCc2c1cc1n(c2=O)Cc2c-1nc1cc(F)c(C)c3c1c2[C@@H](NC(=O)CCCNC(=O)CNC(=O)C(Cc1ccccc1)NC(=O)CNC(=O)CNC(=O)CCCCCCC(=O)ON1C(=O)CCC1=O)CC3. The summed E-state index contributed by atoms with van der Waals surface area (Å²) in [5.74, 6) is -6.47. The van der Waals surface area contributed by atoms with Crippen LogP contribution in [-0.4, -0.2) is 111 Å². The monoisotopic (exact) mass is 1090 g/mol. The lowest BCUT2D eigenvalue weighted by Crippen LogP contribution is -2.52. The third-order valence-corrected chi connectivity index (χ3v) is 14.6. The first-order valence-electron chi connectivity index (χ1n) is 26.4. The zero-order valence-corrected chi connectivity index (χ0v) is 43.8. The molecule has 0 bridgehead atoms. The predicted octanol–water partition coefficient (Wildman–Crippen LogP) is 1.55. The fourth-order valence-corrected chi connectivity index (χ4v) is 10.3. The number of benzene rings is 2. The second-order valence-electron chi connectivity index (χ2n) is 20.0. The molecule has 23 nitrogen and oxygen atoms in total. The maximum Gasteiger partial charge on any atom is 0.343 e. The number of pyridine rings is 2. The second-order valence-corrected chi connectivity index (χ2v) is 20.0. The van der Waals surface area contributed by atoms with E-state index in [0.29, 0.717) is 88.1 Å². The lowest BCUT2D eigenvalue weighted by molar-refractivity contribution is -0.197. The molecule has 0 saturated carbocycles. The van der Waals surface area contributed by atoms with Gasteiger partial charge in [0, 0.05) is 67.6 Å². The van der Waals surface area contributed by atoms with Gasteiger partial charge in [-0.25, -0.2) is 19.0 Å². The van der Waals surface area contributed by atoms with E-state index in [0.717, 1.165) is 5.56 Å². The van der Waals surface area contributed by atoms with Crippen molar-refractivity contribution in [2.24, 2.45) is 0 Å². The van der Waals surface area contributed by atoms with Crippen LogP contribution in [0.4, 0.5) is 4.39 Å². The van der Waals surface area contributed by atoms with Crippen LogP contribution in [0.5, 0.6) is 0 Å². The van der Waals surface area contributed by atoms with Crippen LogP contribution in [0.2, 0.25) is 0 Å². The van der Waals surface area contributed by atoms with Crippen molar-refractivity contribution in [3.63, 3.8) is 0 Å². The Kier molecular flexibility index (Phi) is 17.9. The normalized spacial score (nSPS) is 17.2. The summed E-state index contributed by atoms with van der Waals surface area (Å²) in [6.45, 7) is 1.75. The van der Waals surface area contributed by atoms with Crippen molar-refractivity contribution in [2.75, 3.05) is 26.2 Å². The van der Waals surface area contributed by atoms with Crippen LogP contribution >= 0.6 is 0 Å². The number of hydrogen-bond donors (Lipinski definition) is 7. The number of halogens is 1. The number of amides is 8. The highest BCUT2D eigenvalue weighted by Gasteiger charge is 2.46. The molecule has 8 amide bonds. The van der Waals surface area contributed by atoms with E-state index in [1.807, 2.05) is 0 Å². The molecule has 1 saturated heterocycles. The smallest absolute Gasteiger partial charge is 0.343 e. The topological polar surface area (TPSA) is 320 Å². The molecule has 1 unspecified atom stereocenters. The van der Waals surface area contributed by atoms with Gasteiger partial charge in [-0.3, -0.25) is 43.2 Å². The van der Waals surface area contributed by atoms with Crippen molar-refractivity contribution < 1.29 is 67.0 Å². The molecular formula is C55H62FN9O14. The molecule has 1 fully saturated rings. The van der Waals surface area contributed by atoms with Crippen molar-refractivity contribution in [3.05, 3.63) is 97.6 Å². The van der Waals surface area contributed by atoms with Gasteiger partial charge in [0.2, 0.25) is 35.4 Å². The van der Waals surface area contributed by atoms with Crippen LogP contribution in [0.25, 0.3) is 22.3 Å². The fraction of sp³-hybridized carbons (Fsp3) is 0.455. The number of carbonyl (C=O) groups is 10. The summed E-state index contributed by atoms with van der Waals surface area (Å²) in [5, 5.41) is 28.3. The molecule has 24 heteroatoms. The van der Waals surface area contributed by atoms with Crippen molar-refractivity contribution in [1.29, 1.82) is 0 Å². The second kappa shape index (κ2) is 24.9. The quantitative estimate of drug-likeness (QED) is 0.0262. The highest BCUT2D eigenvalue weighted by atomic mass is 19.1. The van der Waals surface area contributed by atoms with E-state index < -0.39 is 102 Å². The van der Waals surface area contributed by atoms with E-state index in [1.54, 1.807) is 50.2 Å². The van der Waals surface area contributed by atoms with Crippen molar-refractivity contribution >= 4 is 70.1 Å². The van der Waals surface area contributed by atoms with Gasteiger partial charge in [-0.2, -0.15) is 0 Å². The minimum Gasteiger partial charge on any atom is -0.458 e. The molecule has 3 atom stereocenters. The number of hydroxylamine groups is 2. The third-order valence-electron chi connectivity index (χ3n) is 14.6. The zero-order valence-electron chi connectivity index (χ0n) is 43.8. The molecule has 5 heterocycles. The summed E-state index contributed by atoms with van der Waals surface area (Å²) in [7, 11) is 0. The van der Waals surface area contributed by atoms with Gasteiger partial charge in [0.15, 0.2) is 5.60 Å². The molecule has 4 aromatic rings. The Morgan fingerprint density at radius 1 is 0.797 bits per heavy atom. The number of nitrogens with one attached hydrogen (secondary N) is 6. The minimum atomic E-state index is -2.04. The van der Waals surface area contributed by atoms with Gasteiger partial charge < -0.3 is 51.1 Å². The number of hydrogen-bond acceptors (Lipinski definition) is 15. The Morgan fingerprint density at radius 3 is 2.20 bits per heavy atom. The average molecular weight is 1090 g/mol. The summed E-state index contributed by atoms with van der Waals surface area (Å²) >= 11 is 0. The summed E-state index contributed by atoms with van der Waals surface area (Å²) in [5.41, 5.74) is 2.11. The maximum atomic E-state index is 15.4. The minimum absolute atomic E-state index is 0.000750. The standard InChI is InChI=1S/C55H62FN9O14/c1-3-55(77)35-23-40-51-33(28-64(40)53(75)34(35)29-78-54(55)76)50-37(18-17-32-30(2)36(56)24-38(63-51)49(32)50)61-42(67)15-11-21-57-43(68)26-60-52(74)39(22-31-12-7-6-8-13-31)62-45(70)27-59-44(69)25-58-41(66)14-9-4-5-10-16-48(73)79-65-46(71)19-20-47(65)72/h6-8,12-13,23-24,37,39,77H,3-5,9-11,14-22,25-29H2,1-2H3,(H,57,68)(H,58,66)(H,59,69)(H,60,74)(H,61,67)(H,62,70)/t37-,39?,55-/m0/s1. The number of aryl methyl sites for hydroxylation is 1. The van der Waals surface area contributed by atoms with Crippen LogP contribution in [0.15, 0.2) is 47.3 Å². The summed E-state index contributed by atoms with van der Waals surface area (Å²) < 4.78 is 22.1. The Hall–Kier alpha value is -8.41. The molecule has 8 rings (SSSR count). The third kappa shape index (κ3) is 13.0. The number of aliphatic hydroxyl groups is 1. The summed E-state index contributed by atoms with van der Waals surface area (Å²) in [6, 6.07) is 10.00. The van der Waals surface area contributed by atoms with E-state index in [2.05, 4.69) is 31.9 Å². The van der Waals surface area contributed by atoms with Gasteiger partial charge in [0.25, 0.3) is 17.4 Å². The Morgan fingerprint density at radius 2 is 1.47 bits per heavy atom. The zero-order chi connectivity index (χ0) is 56.5. The number of esters is 1. The molecule has 418 valence electrons. The fourth-order valence-electron chi connectivity index (χ4n) is 10.3. The molecule has 1 aliphatic carbocycles. The predicted molar refractivity (Wildman–Crippen MR) is 277 cm³/mol. The van der Waals surface area contributed by atoms with E-state index in [1.165, 1.54) is 10.6 Å². The van der Waals surface area contributed by atoms with Gasteiger partial charge >= 0.3 is 11.9 Å². The van der Waals surface area contributed by atoms with Crippen molar-refractivity contribution in [1.82, 2.24) is 46.5 Å². The lowest BCUT2D eigenvalue weighted by Gasteiger charge is -2.31. The van der Waals surface area contributed by atoms with Gasteiger partial charge in [0.1, 0.15) is 18.5 Å². The van der Waals surface area contributed by atoms with Crippen LogP contribution in [0, 0.1) is 12.7 Å². The number of nitrogens with zero attached hydrogens (tertiary/aromatic N) is 3. The van der Waals surface area contributed by atoms with E-state index >= 15 is 4.39 Å². The van der Waals surface area contributed by atoms with Crippen LogP contribution in [0.3, 0.4) is 0 Å². The lowest BCUT2D eigenvalue weighted by atomic mass is 9.81. The van der Waals surface area contributed by atoms with Crippen LogP contribution in [0.1, 0.15) is 129 Å². The van der Waals surface area contributed by atoms with Gasteiger partial charge in [0.05, 0.1) is 54.7 Å². The molecule has 2 aromatic heterocycles. The van der Waals surface area contributed by atoms with E-state index in [-0.39, 0.29) is 88.1 Å². The Balaban J connectivity index is 0.775. The number of carbonyl (C=O) groups excluding carboxylic acids is 10. The number of cyclic esters (lactones) is 1. The largest absolute Gasteiger partial charge is 0.458 e. The molecule has 0 radical (unpaired) electrons. The van der Waals surface area contributed by atoms with Gasteiger partial charge in [-0.05, 0) is 73.8 Å². The number of imide groups is 1. The Labute approximate surface area is 452 Å². The summed E-state index contributed by atoms with van der Waals surface area (Å²) in [6.07, 6.45) is 3.23. The highest BCUT2D eigenvalue weighted by molar-refractivity contribution is 6.01. The van der Waals surface area contributed by atoms with Crippen LogP contribution < -0.4 is 37.5 Å². The van der Waals surface area contributed by atoms with Gasteiger partial charge in [-0.15, -0.1) is 5.06 Å². The summed E-state index contributed by atoms with van der Waals surface area (Å²) in [4.78, 5) is 149. The molecule has 7 N–H and O–H groups in total. The molecule has 79 heavy (non-hydrogen) atoms. The number of rotatable bonds is 24. The highest BCUT2D eigenvalue weighted by Crippen LogP contribution is 2.46. The average Bonchev–Trinajstić information content (AvgIpc) is 4.23. The van der Waals surface area contributed by atoms with Gasteiger partial charge in [-0.1, -0.05) is 50.1 Å². The molecule has 3 aliphatic heterocycles. The first-order valence-corrected chi connectivity index (χ1v) is 26.4. The number of unbranched alkanes of at least 4 members (excludes halogenated alkanes) is 3. The van der Waals surface area contributed by atoms with Crippen LogP contribution in [-0.2, 0) is 89.1 Å². The number of fused-ring (bicyclic) bond motifs is 5. The first-order chi connectivity index (χ1) is 37.9. The molecule has 2 aromatic carbocycles. The number of ether oxygens (including phenoxy) is 1. The first kappa shape index (κ1) is 56.8.